The Morgan fingerprint density at radius 3 is 2.44 bits per heavy atom. The maximum Gasteiger partial charge on any atom is 0.426 e. The van der Waals surface area contributed by atoms with Gasteiger partial charge in [0.25, 0.3) is 0 Å². The minimum absolute atomic E-state index is 0.0414. The van der Waals surface area contributed by atoms with Crippen LogP contribution in [0.15, 0.2) is 28.9 Å². The van der Waals surface area contributed by atoms with Gasteiger partial charge in [0.05, 0.1) is 5.56 Å². The number of hydrogen-bond acceptors (Lipinski definition) is 7. The van der Waals surface area contributed by atoms with Crippen LogP contribution in [0.4, 0.5) is 24.2 Å². The molecule has 2 heterocycles. The molecule has 3 amide bonds. The minimum atomic E-state index is -0.882. The van der Waals surface area contributed by atoms with Crippen molar-refractivity contribution >= 4 is 29.5 Å². The number of halogens is 3. The van der Waals surface area contributed by atoms with Crippen molar-refractivity contribution in [2.24, 2.45) is 0 Å². The van der Waals surface area contributed by atoms with Gasteiger partial charge in [-0.1, -0.05) is 16.8 Å². The predicted molar refractivity (Wildman–Crippen MR) is 128 cm³/mol. The molecular formula is C23H25ClF2N6O4. The van der Waals surface area contributed by atoms with Gasteiger partial charge >= 0.3 is 12.1 Å². The summed E-state index contributed by atoms with van der Waals surface area (Å²) in [6.45, 7) is 8.25. The molecule has 0 unspecified atom stereocenters. The minimum Gasteiger partial charge on any atom is -0.443 e. The number of urea groups is 1. The molecule has 0 aliphatic carbocycles. The molecule has 1 aromatic carbocycles. The fourth-order valence-electron chi connectivity index (χ4n) is 3.20. The highest BCUT2D eigenvalue weighted by molar-refractivity contribution is 6.31. The van der Waals surface area contributed by atoms with E-state index < -0.39 is 29.4 Å². The molecule has 0 spiro atoms. The van der Waals surface area contributed by atoms with Crippen LogP contribution in [0, 0.1) is 18.6 Å². The van der Waals surface area contributed by atoms with Crippen LogP contribution in [0.25, 0.3) is 22.5 Å². The number of aromatic nitrogens is 3. The Labute approximate surface area is 211 Å². The van der Waals surface area contributed by atoms with E-state index in [4.69, 9.17) is 20.9 Å². The highest BCUT2D eigenvalue weighted by Gasteiger charge is 2.26. The summed E-state index contributed by atoms with van der Waals surface area (Å²) < 4.78 is 40.1. The first kappa shape index (κ1) is 26.8. The Morgan fingerprint density at radius 2 is 1.89 bits per heavy atom. The molecule has 0 saturated carbocycles. The zero-order valence-corrected chi connectivity index (χ0v) is 21.3. The molecule has 0 aliphatic heterocycles. The van der Waals surface area contributed by atoms with Crippen LogP contribution < -0.4 is 10.3 Å². The van der Waals surface area contributed by atoms with E-state index in [2.05, 4.69) is 20.6 Å². The van der Waals surface area contributed by atoms with Crippen molar-refractivity contribution in [3.05, 3.63) is 46.9 Å². The van der Waals surface area contributed by atoms with E-state index in [0.29, 0.717) is 0 Å². The number of carbonyl (C=O) groups is 2. The van der Waals surface area contributed by atoms with Crippen molar-refractivity contribution in [3.8, 4) is 22.5 Å². The van der Waals surface area contributed by atoms with Gasteiger partial charge in [-0.15, -0.1) is 0 Å². The number of hydrazine groups is 1. The smallest absolute Gasteiger partial charge is 0.426 e. The van der Waals surface area contributed by atoms with E-state index in [0.717, 1.165) is 22.0 Å². The number of anilines is 1. The summed E-state index contributed by atoms with van der Waals surface area (Å²) in [6, 6.07) is 2.80. The van der Waals surface area contributed by atoms with E-state index >= 15 is 4.39 Å². The van der Waals surface area contributed by atoms with Crippen molar-refractivity contribution in [1.82, 2.24) is 25.6 Å². The molecular weight excluding hydrogens is 498 g/mol. The fraction of sp³-hybridized carbons (Fsp3) is 0.348. The fourth-order valence-corrected chi connectivity index (χ4v) is 3.40. The zero-order valence-electron chi connectivity index (χ0n) is 20.5. The van der Waals surface area contributed by atoms with Crippen molar-refractivity contribution in [1.29, 1.82) is 0 Å². The normalized spacial score (nSPS) is 11.2. The molecule has 10 nitrogen and oxygen atoms in total. The Bertz CT molecular complexity index is 1290. The molecule has 0 atom stereocenters. The van der Waals surface area contributed by atoms with Gasteiger partial charge in [0.15, 0.2) is 11.6 Å². The van der Waals surface area contributed by atoms with E-state index in [1.54, 1.807) is 34.6 Å². The third-order valence-electron chi connectivity index (χ3n) is 4.72. The van der Waals surface area contributed by atoms with E-state index in [1.165, 1.54) is 19.3 Å². The number of amides is 3. The average Bonchev–Trinajstić information content (AvgIpc) is 3.20. The second kappa shape index (κ2) is 10.4. The standard InChI is InChI=1S/C23H25ClF2N6O4/c1-7-32(29-21(33)35-23(3,4)5)22(34)31(6)20-17(26)8-13(11-27-20)15-9-14(24)10-16(25)18(15)19-28-12(2)36-30-19/h8-11H,7H2,1-6H3,(H,29,33). The third-order valence-corrected chi connectivity index (χ3v) is 4.93. The number of aryl methyl sites for hydroxylation is 1. The molecule has 2 aromatic heterocycles. The Balaban J connectivity index is 1.92. The van der Waals surface area contributed by atoms with Crippen LogP contribution in [0.3, 0.4) is 0 Å². The molecule has 1 N–H and O–H groups in total. The SMILES string of the molecule is CCN(NC(=O)OC(C)(C)C)C(=O)N(C)c1ncc(-c2cc(Cl)cc(F)c2-c2noc(C)n2)cc1F. The number of hydrogen-bond donors (Lipinski definition) is 1. The second-order valence-corrected chi connectivity index (χ2v) is 9.11. The van der Waals surface area contributed by atoms with Crippen molar-refractivity contribution in [2.75, 3.05) is 18.5 Å². The molecule has 0 fully saturated rings. The van der Waals surface area contributed by atoms with Crippen LogP contribution in [-0.2, 0) is 4.74 Å². The summed E-state index contributed by atoms with van der Waals surface area (Å²) >= 11 is 6.04. The molecule has 0 saturated heterocycles. The number of benzene rings is 1. The maximum absolute atomic E-state index is 15.2. The first-order chi connectivity index (χ1) is 16.8. The number of rotatable bonds is 4. The highest BCUT2D eigenvalue weighted by Crippen LogP contribution is 2.36. The lowest BCUT2D eigenvalue weighted by atomic mass is 10.00. The Kier molecular flexibility index (Phi) is 7.77. The second-order valence-electron chi connectivity index (χ2n) is 8.68. The van der Waals surface area contributed by atoms with Crippen molar-refractivity contribution in [3.63, 3.8) is 0 Å². The molecule has 0 bridgehead atoms. The largest absolute Gasteiger partial charge is 0.443 e. The highest BCUT2D eigenvalue weighted by atomic mass is 35.5. The monoisotopic (exact) mass is 522 g/mol. The molecule has 3 rings (SSSR count). The lowest BCUT2D eigenvalue weighted by molar-refractivity contribution is 0.0388. The predicted octanol–water partition coefficient (Wildman–Crippen LogP) is 5.36. The number of ether oxygens (including phenoxy) is 1. The number of carbonyl (C=O) groups excluding carboxylic acids is 2. The van der Waals surface area contributed by atoms with Gasteiger partial charge in [-0.2, -0.15) is 4.98 Å². The first-order valence-electron chi connectivity index (χ1n) is 10.8. The van der Waals surface area contributed by atoms with Gasteiger partial charge in [0.2, 0.25) is 11.7 Å². The molecule has 0 aliphatic rings. The third kappa shape index (κ3) is 6.06. The summed E-state index contributed by atoms with van der Waals surface area (Å²) in [5, 5.41) is 4.76. The Hall–Kier alpha value is -3.80. The van der Waals surface area contributed by atoms with Gasteiger partial charge in [0, 0.05) is 37.3 Å². The molecule has 36 heavy (non-hydrogen) atoms. The van der Waals surface area contributed by atoms with Crippen LogP contribution in [0.1, 0.15) is 33.6 Å². The summed E-state index contributed by atoms with van der Waals surface area (Å²) in [6.07, 6.45) is 0.406. The van der Waals surface area contributed by atoms with Crippen LogP contribution in [0.5, 0.6) is 0 Å². The topological polar surface area (TPSA) is 114 Å². The molecule has 13 heteroatoms. The zero-order chi connectivity index (χ0) is 26.8. The maximum atomic E-state index is 15.2. The molecule has 3 aromatic rings. The van der Waals surface area contributed by atoms with E-state index in [9.17, 15) is 14.0 Å². The van der Waals surface area contributed by atoms with Gasteiger partial charge < -0.3 is 9.26 Å². The van der Waals surface area contributed by atoms with Crippen molar-refractivity contribution in [2.45, 2.75) is 40.2 Å². The van der Waals surface area contributed by atoms with E-state index in [1.807, 2.05) is 0 Å². The van der Waals surface area contributed by atoms with Gasteiger partial charge in [-0.3, -0.25) is 4.90 Å². The average molecular weight is 523 g/mol. The quantitative estimate of drug-likeness (QED) is 0.459. The van der Waals surface area contributed by atoms with Crippen molar-refractivity contribution < 1.29 is 27.6 Å². The summed E-state index contributed by atoms with van der Waals surface area (Å²) in [7, 11) is 1.29. The molecule has 0 radical (unpaired) electrons. The van der Waals surface area contributed by atoms with Gasteiger partial charge in [-0.05, 0) is 51.5 Å². The van der Waals surface area contributed by atoms with E-state index in [-0.39, 0.29) is 45.8 Å². The molecule has 192 valence electrons. The summed E-state index contributed by atoms with van der Waals surface area (Å²) in [4.78, 5) is 34.0. The lowest BCUT2D eigenvalue weighted by Gasteiger charge is -2.28. The lowest BCUT2D eigenvalue weighted by Crippen LogP contribution is -2.52. The van der Waals surface area contributed by atoms with Gasteiger partial charge in [0.1, 0.15) is 11.4 Å². The Morgan fingerprint density at radius 1 is 1.19 bits per heavy atom. The first-order valence-corrected chi connectivity index (χ1v) is 11.2. The summed E-state index contributed by atoms with van der Waals surface area (Å²) in [5.41, 5.74) is 1.83. The van der Waals surface area contributed by atoms with Crippen LogP contribution >= 0.6 is 11.6 Å². The number of nitrogens with one attached hydrogen (secondary N) is 1. The number of nitrogens with zero attached hydrogens (tertiary/aromatic N) is 5. The number of pyridine rings is 1. The van der Waals surface area contributed by atoms with Crippen LogP contribution in [-0.4, -0.2) is 51.5 Å². The van der Waals surface area contributed by atoms with Crippen LogP contribution in [0.2, 0.25) is 5.02 Å². The summed E-state index contributed by atoms with van der Waals surface area (Å²) in [5.74, 6) is -1.77. The van der Waals surface area contributed by atoms with Gasteiger partial charge in [-0.25, -0.2) is 33.8 Å².